The summed E-state index contributed by atoms with van der Waals surface area (Å²) in [5, 5.41) is 5.11. The molecule has 1 amide bonds. The summed E-state index contributed by atoms with van der Waals surface area (Å²) in [7, 11) is 0. The molecule has 1 fully saturated rings. The molecule has 0 radical (unpaired) electrons. The Morgan fingerprint density at radius 2 is 2.40 bits per heavy atom. The quantitative estimate of drug-likeness (QED) is 0.814. The van der Waals surface area contributed by atoms with E-state index in [1.807, 2.05) is 0 Å². The lowest BCUT2D eigenvalue weighted by Crippen LogP contribution is -2.35. The van der Waals surface area contributed by atoms with Crippen LogP contribution in [0.3, 0.4) is 0 Å². The molecule has 0 saturated carbocycles. The van der Waals surface area contributed by atoms with Gasteiger partial charge in [-0.1, -0.05) is 18.7 Å². The fourth-order valence-corrected chi connectivity index (χ4v) is 1.95. The van der Waals surface area contributed by atoms with Gasteiger partial charge in [-0.05, 0) is 12.1 Å². The molecule has 1 unspecified atom stereocenters. The fourth-order valence-electron chi connectivity index (χ4n) is 1.95. The smallest absolute Gasteiger partial charge is 0.262 e. The zero-order valence-electron chi connectivity index (χ0n) is 10.9. The number of anilines is 1. The molecule has 1 atom stereocenters. The number of rotatable bonds is 5. The number of amides is 1. The molecule has 0 aliphatic carbocycles. The molecule has 1 aromatic rings. The number of hydrogen-bond acceptors (Lipinski definition) is 3. The van der Waals surface area contributed by atoms with Crippen LogP contribution in [0, 0.1) is 0 Å². The van der Waals surface area contributed by atoms with Crippen molar-refractivity contribution in [1.82, 2.24) is 5.32 Å². The van der Waals surface area contributed by atoms with Crippen molar-refractivity contribution in [2.45, 2.75) is 18.4 Å². The van der Waals surface area contributed by atoms with Crippen LogP contribution in [0.1, 0.15) is 6.42 Å². The molecule has 4 nitrogen and oxygen atoms in total. The summed E-state index contributed by atoms with van der Waals surface area (Å²) in [6.45, 7) is 3.43. The topological polar surface area (TPSA) is 50.4 Å². The van der Waals surface area contributed by atoms with Crippen LogP contribution < -0.4 is 15.4 Å². The highest BCUT2D eigenvalue weighted by Gasteiger charge is 2.42. The predicted octanol–water partition coefficient (Wildman–Crippen LogP) is 2.19. The summed E-state index contributed by atoms with van der Waals surface area (Å²) in [6, 6.07) is 5.88. The first-order chi connectivity index (χ1) is 9.50. The molecule has 0 aromatic heterocycles. The highest BCUT2D eigenvalue weighted by molar-refractivity contribution is 5.95. The highest BCUT2D eigenvalue weighted by Crippen LogP contribution is 2.26. The Labute approximate surface area is 115 Å². The minimum atomic E-state index is -2.82. The molecule has 0 bridgehead atoms. The third-order valence-electron chi connectivity index (χ3n) is 2.90. The zero-order valence-corrected chi connectivity index (χ0v) is 10.9. The summed E-state index contributed by atoms with van der Waals surface area (Å²) in [6.07, 6.45) is 1.13. The number of carbonyl (C=O) groups excluding carboxylic acids is 1. The molecule has 1 saturated heterocycles. The number of carbonyl (C=O) groups is 1. The number of nitrogens with one attached hydrogen (secondary N) is 2. The van der Waals surface area contributed by atoms with Gasteiger partial charge in [-0.2, -0.15) is 0 Å². The molecule has 1 aliphatic rings. The Bertz CT molecular complexity index is 506. The van der Waals surface area contributed by atoms with E-state index in [1.54, 1.807) is 30.3 Å². The SMILES string of the molecule is C=CCOc1cccc(NC(=O)C2CC(F)(F)CN2)c1. The van der Waals surface area contributed by atoms with Crippen molar-refractivity contribution in [1.29, 1.82) is 0 Å². The van der Waals surface area contributed by atoms with Crippen LogP contribution >= 0.6 is 0 Å². The van der Waals surface area contributed by atoms with E-state index in [9.17, 15) is 13.6 Å². The van der Waals surface area contributed by atoms with E-state index in [4.69, 9.17) is 4.74 Å². The minimum Gasteiger partial charge on any atom is -0.489 e. The van der Waals surface area contributed by atoms with Crippen LogP contribution in [0.5, 0.6) is 5.75 Å². The fraction of sp³-hybridized carbons (Fsp3) is 0.357. The molecule has 6 heteroatoms. The molecule has 20 heavy (non-hydrogen) atoms. The van der Waals surface area contributed by atoms with Crippen LogP contribution in [0.15, 0.2) is 36.9 Å². The van der Waals surface area contributed by atoms with Crippen molar-refractivity contribution in [3.8, 4) is 5.75 Å². The first-order valence-electron chi connectivity index (χ1n) is 6.26. The van der Waals surface area contributed by atoms with Crippen LogP contribution in [0.4, 0.5) is 14.5 Å². The first-order valence-corrected chi connectivity index (χ1v) is 6.26. The van der Waals surface area contributed by atoms with Crippen molar-refractivity contribution in [2.75, 3.05) is 18.5 Å². The van der Waals surface area contributed by atoms with Gasteiger partial charge in [0, 0.05) is 18.2 Å². The van der Waals surface area contributed by atoms with Gasteiger partial charge in [0.25, 0.3) is 5.92 Å². The van der Waals surface area contributed by atoms with Gasteiger partial charge in [0.05, 0.1) is 12.6 Å². The summed E-state index contributed by atoms with van der Waals surface area (Å²) in [5.41, 5.74) is 0.508. The maximum Gasteiger partial charge on any atom is 0.262 e. The molecule has 108 valence electrons. The first kappa shape index (κ1) is 14.5. The second-order valence-electron chi connectivity index (χ2n) is 4.61. The normalized spacial score (nSPS) is 20.4. The number of hydrogen-bond donors (Lipinski definition) is 2. The monoisotopic (exact) mass is 282 g/mol. The van der Waals surface area contributed by atoms with Gasteiger partial charge < -0.3 is 10.1 Å². The second-order valence-corrected chi connectivity index (χ2v) is 4.61. The molecular weight excluding hydrogens is 266 g/mol. The second kappa shape index (κ2) is 6.00. The lowest BCUT2D eigenvalue weighted by atomic mass is 10.2. The van der Waals surface area contributed by atoms with Crippen LogP contribution in [-0.2, 0) is 4.79 Å². The highest BCUT2D eigenvalue weighted by atomic mass is 19.3. The van der Waals surface area contributed by atoms with E-state index in [-0.39, 0.29) is 0 Å². The molecule has 1 aliphatic heterocycles. The van der Waals surface area contributed by atoms with Gasteiger partial charge in [0.2, 0.25) is 5.91 Å². The Hall–Kier alpha value is -1.95. The van der Waals surface area contributed by atoms with E-state index < -0.39 is 30.8 Å². The number of benzene rings is 1. The van der Waals surface area contributed by atoms with Gasteiger partial charge >= 0.3 is 0 Å². The van der Waals surface area contributed by atoms with Crippen molar-refractivity contribution in [2.24, 2.45) is 0 Å². The van der Waals surface area contributed by atoms with E-state index in [0.717, 1.165) is 0 Å². The van der Waals surface area contributed by atoms with Gasteiger partial charge in [-0.25, -0.2) is 8.78 Å². The van der Waals surface area contributed by atoms with Crippen molar-refractivity contribution in [3.63, 3.8) is 0 Å². The summed E-state index contributed by atoms with van der Waals surface area (Å²) in [5.74, 6) is -2.72. The van der Waals surface area contributed by atoms with Gasteiger partial charge in [0.1, 0.15) is 12.4 Å². The van der Waals surface area contributed by atoms with Crippen molar-refractivity contribution < 1.29 is 18.3 Å². The number of alkyl halides is 2. The molecule has 1 heterocycles. The van der Waals surface area contributed by atoms with Crippen LogP contribution in [0.2, 0.25) is 0 Å². The molecule has 2 rings (SSSR count). The van der Waals surface area contributed by atoms with E-state index in [1.165, 1.54) is 0 Å². The van der Waals surface area contributed by atoms with E-state index in [0.29, 0.717) is 18.0 Å². The predicted molar refractivity (Wildman–Crippen MR) is 72.1 cm³/mol. The average molecular weight is 282 g/mol. The van der Waals surface area contributed by atoms with Gasteiger partial charge in [0.15, 0.2) is 0 Å². The lowest BCUT2D eigenvalue weighted by Gasteiger charge is -2.12. The molecule has 1 aromatic carbocycles. The summed E-state index contributed by atoms with van der Waals surface area (Å²) < 4.78 is 31.4. The van der Waals surface area contributed by atoms with Crippen molar-refractivity contribution in [3.05, 3.63) is 36.9 Å². The third-order valence-corrected chi connectivity index (χ3v) is 2.90. The number of ether oxygens (including phenoxy) is 1. The lowest BCUT2D eigenvalue weighted by molar-refractivity contribution is -0.118. The summed E-state index contributed by atoms with van der Waals surface area (Å²) in [4.78, 5) is 11.9. The Morgan fingerprint density at radius 3 is 3.05 bits per heavy atom. The maximum absolute atomic E-state index is 13.0. The van der Waals surface area contributed by atoms with Gasteiger partial charge in [-0.15, -0.1) is 0 Å². The van der Waals surface area contributed by atoms with E-state index in [2.05, 4.69) is 17.2 Å². The molecule has 0 spiro atoms. The van der Waals surface area contributed by atoms with Crippen LogP contribution in [0.25, 0.3) is 0 Å². The largest absolute Gasteiger partial charge is 0.489 e. The molecule has 2 N–H and O–H groups in total. The third kappa shape index (κ3) is 3.77. The van der Waals surface area contributed by atoms with Gasteiger partial charge in [-0.3, -0.25) is 10.1 Å². The Balaban J connectivity index is 1.96. The maximum atomic E-state index is 13.0. The molecular formula is C14H16F2N2O2. The summed E-state index contributed by atoms with van der Waals surface area (Å²) >= 11 is 0. The van der Waals surface area contributed by atoms with Crippen LogP contribution in [-0.4, -0.2) is 31.0 Å². The Kier molecular flexibility index (Phi) is 4.34. The standard InChI is InChI=1S/C14H16F2N2O2/c1-2-6-20-11-5-3-4-10(7-11)18-13(19)12-8-14(15,16)9-17-12/h2-5,7,12,17H,1,6,8-9H2,(H,18,19). The average Bonchev–Trinajstić information content (AvgIpc) is 2.77. The van der Waals surface area contributed by atoms with Crippen molar-refractivity contribution >= 4 is 11.6 Å². The van der Waals surface area contributed by atoms with E-state index >= 15 is 0 Å². The zero-order chi connectivity index (χ0) is 14.6. The number of halogens is 2. The minimum absolute atomic E-state index is 0.355. The Morgan fingerprint density at radius 1 is 1.60 bits per heavy atom.